The summed E-state index contributed by atoms with van der Waals surface area (Å²) < 4.78 is 42.6. The highest BCUT2D eigenvalue weighted by molar-refractivity contribution is 6.35. The second kappa shape index (κ2) is 11.3. The molecule has 0 radical (unpaired) electrons. The van der Waals surface area contributed by atoms with Crippen LogP contribution in [0.1, 0.15) is 46.0 Å². The Morgan fingerprint density at radius 1 is 1.08 bits per heavy atom. The van der Waals surface area contributed by atoms with Crippen molar-refractivity contribution in [3.8, 4) is 11.5 Å². The molecule has 6 nitrogen and oxygen atoms in total. The highest BCUT2D eigenvalue weighted by atomic mass is 35.5. The van der Waals surface area contributed by atoms with Crippen molar-refractivity contribution in [2.45, 2.75) is 38.9 Å². The van der Waals surface area contributed by atoms with Crippen LogP contribution in [-0.2, 0) is 11.2 Å². The van der Waals surface area contributed by atoms with Gasteiger partial charge in [0.15, 0.2) is 23.9 Å². The number of carbonyl (C=O) groups is 1. The fourth-order valence-corrected chi connectivity index (χ4v) is 4.15. The van der Waals surface area contributed by atoms with Gasteiger partial charge in [-0.1, -0.05) is 47.0 Å². The minimum Gasteiger partial charge on any atom is -0.619 e. The van der Waals surface area contributed by atoms with Crippen molar-refractivity contribution in [2.75, 3.05) is 6.61 Å². The first kappa shape index (κ1) is 26.0. The minimum atomic E-state index is -3.03. The zero-order valence-electron chi connectivity index (χ0n) is 19.3. The lowest BCUT2D eigenvalue weighted by atomic mass is 10.0. The number of esters is 1. The minimum absolute atomic E-state index is 0.0211. The van der Waals surface area contributed by atoms with E-state index in [-0.39, 0.29) is 28.0 Å². The lowest BCUT2D eigenvalue weighted by Crippen LogP contribution is -2.25. The Hall–Kier alpha value is -3.10. The van der Waals surface area contributed by atoms with Gasteiger partial charge in [0.2, 0.25) is 0 Å². The number of nitrogens with zero attached hydrogens (tertiary/aromatic N) is 1. The molecule has 0 unspecified atom stereocenters. The Morgan fingerprint density at radius 3 is 2.36 bits per heavy atom. The van der Waals surface area contributed by atoms with E-state index in [1.807, 2.05) is 6.92 Å². The van der Waals surface area contributed by atoms with Gasteiger partial charge in [-0.05, 0) is 55.5 Å². The standard InChI is InChI=1S/C26H23Cl2F2NO5/c1-15-2-6-17(7-3-15)25(32)35-23(11-19-20(27)12-31(33)13-21(19)28)18-8-9-22(36-26(29)30)24(10-18)34-14-16-4-5-16/h2-3,6-10,12-13,16,23,26H,4-5,11,14H2,1H3/t23-/m0/s1. The van der Waals surface area contributed by atoms with Crippen LogP contribution < -0.4 is 14.2 Å². The summed E-state index contributed by atoms with van der Waals surface area (Å²) in [5.41, 5.74) is 2.15. The summed E-state index contributed by atoms with van der Waals surface area (Å²) in [6.45, 7) is -0.780. The first-order valence-electron chi connectivity index (χ1n) is 11.3. The molecule has 0 amide bonds. The molecule has 1 atom stereocenters. The Labute approximate surface area is 216 Å². The first-order chi connectivity index (χ1) is 17.2. The Kier molecular flexibility index (Phi) is 8.16. The zero-order chi connectivity index (χ0) is 25.8. The molecular weight excluding hydrogens is 515 g/mol. The van der Waals surface area contributed by atoms with Crippen LogP contribution in [0.25, 0.3) is 0 Å². The number of hydrogen-bond donors (Lipinski definition) is 0. The number of ether oxygens (including phenoxy) is 3. The van der Waals surface area contributed by atoms with E-state index < -0.39 is 18.7 Å². The van der Waals surface area contributed by atoms with Crippen LogP contribution in [0.4, 0.5) is 8.78 Å². The number of aryl methyl sites for hydroxylation is 1. The third kappa shape index (κ3) is 6.77. The molecular formula is C26H23Cl2F2NO5. The van der Waals surface area contributed by atoms with Crippen molar-refractivity contribution < 1.29 is 32.5 Å². The molecule has 1 aliphatic rings. The highest BCUT2D eigenvalue weighted by Gasteiger charge is 2.26. The van der Waals surface area contributed by atoms with Crippen molar-refractivity contribution in [3.63, 3.8) is 0 Å². The maximum atomic E-state index is 13.0. The van der Waals surface area contributed by atoms with Crippen LogP contribution >= 0.6 is 23.2 Å². The van der Waals surface area contributed by atoms with Crippen molar-refractivity contribution in [3.05, 3.63) is 92.4 Å². The molecule has 3 aromatic rings. The van der Waals surface area contributed by atoms with Gasteiger partial charge in [-0.15, -0.1) is 0 Å². The monoisotopic (exact) mass is 537 g/mol. The van der Waals surface area contributed by atoms with Crippen LogP contribution in [0.5, 0.6) is 11.5 Å². The van der Waals surface area contributed by atoms with E-state index in [4.69, 9.17) is 32.7 Å². The van der Waals surface area contributed by atoms with Crippen molar-refractivity contribution in [1.29, 1.82) is 0 Å². The summed E-state index contributed by atoms with van der Waals surface area (Å²) in [5.74, 6) is -0.251. The number of pyridine rings is 1. The highest BCUT2D eigenvalue weighted by Crippen LogP contribution is 2.38. The molecule has 10 heteroatoms. The second-order valence-corrected chi connectivity index (χ2v) is 9.41. The quantitative estimate of drug-likeness (QED) is 0.168. The molecule has 0 bridgehead atoms. The number of carbonyl (C=O) groups excluding carboxylic acids is 1. The Balaban J connectivity index is 1.69. The molecule has 36 heavy (non-hydrogen) atoms. The van der Waals surface area contributed by atoms with Gasteiger partial charge >= 0.3 is 12.6 Å². The summed E-state index contributed by atoms with van der Waals surface area (Å²) in [6, 6.07) is 11.2. The van der Waals surface area contributed by atoms with E-state index in [1.165, 1.54) is 18.2 Å². The lowest BCUT2D eigenvalue weighted by Gasteiger charge is -2.21. The molecule has 1 fully saturated rings. The molecule has 0 N–H and O–H groups in total. The predicted molar refractivity (Wildman–Crippen MR) is 130 cm³/mol. The van der Waals surface area contributed by atoms with E-state index in [1.54, 1.807) is 24.3 Å². The van der Waals surface area contributed by atoms with Crippen LogP contribution in [0.3, 0.4) is 0 Å². The SMILES string of the molecule is Cc1ccc(C(=O)O[C@@H](Cc2c(Cl)c[n+]([O-])cc2Cl)c2ccc(OC(F)F)c(OCC3CC3)c2)cc1. The fourth-order valence-electron chi connectivity index (χ4n) is 3.55. The third-order valence-electron chi connectivity index (χ3n) is 5.71. The van der Waals surface area contributed by atoms with Crippen molar-refractivity contribution in [2.24, 2.45) is 5.92 Å². The molecule has 0 aliphatic heterocycles. The molecule has 0 saturated heterocycles. The van der Waals surface area contributed by atoms with Gasteiger partial charge in [0.1, 0.15) is 16.1 Å². The maximum absolute atomic E-state index is 13.0. The van der Waals surface area contributed by atoms with Gasteiger partial charge in [-0.25, -0.2) is 4.79 Å². The number of aromatic nitrogens is 1. The Bertz CT molecular complexity index is 1210. The molecule has 4 rings (SSSR count). The molecule has 1 aliphatic carbocycles. The molecule has 1 saturated carbocycles. The first-order valence-corrected chi connectivity index (χ1v) is 12.0. The van der Waals surface area contributed by atoms with Gasteiger partial charge in [-0.3, -0.25) is 0 Å². The topological polar surface area (TPSA) is 71.7 Å². The normalized spacial score (nSPS) is 13.9. The number of rotatable bonds is 10. The summed E-state index contributed by atoms with van der Waals surface area (Å²) in [5, 5.41) is 11.9. The van der Waals surface area contributed by atoms with Gasteiger partial charge in [0.05, 0.1) is 12.2 Å². The molecule has 1 heterocycles. The molecule has 1 aromatic heterocycles. The van der Waals surface area contributed by atoms with E-state index in [0.29, 0.717) is 33.9 Å². The van der Waals surface area contributed by atoms with Crippen molar-refractivity contribution >= 4 is 29.2 Å². The van der Waals surface area contributed by atoms with Crippen LogP contribution in [0.15, 0.2) is 54.9 Å². The molecule has 2 aromatic carbocycles. The average molecular weight is 538 g/mol. The van der Waals surface area contributed by atoms with E-state index in [0.717, 1.165) is 30.8 Å². The molecule has 0 spiro atoms. The maximum Gasteiger partial charge on any atom is 0.387 e. The summed E-state index contributed by atoms with van der Waals surface area (Å²) >= 11 is 12.5. The second-order valence-electron chi connectivity index (χ2n) is 8.60. The van der Waals surface area contributed by atoms with Crippen LogP contribution in [-0.4, -0.2) is 19.2 Å². The van der Waals surface area contributed by atoms with E-state index >= 15 is 0 Å². The summed E-state index contributed by atoms with van der Waals surface area (Å²) in [6.07, 6.45) is 3.39. The fraction of sp³-hybridized carbons (Fsp3) is 0.308. The zero-order valence-corrected chi connectivity index (χ0v) is 20.8. The van der Waals surface area contributed by atoms with E-state index in [9.17, 15) is 18.8 Å². The number of alkyl halides is 2. The van der Waals surface area contributed by atoms with Gasteiger partial charge in [-0.2, -0.15) is 13.5 Å². The number of benzene rings is 2. The van der Waals surface area contributed by atoms with Crippen molar-refractivity contribution in [1.82, 2.24) is 0 Å². The number of halogens is 4. The van der Waals surface area contributed by atoms with Gasteiger partial charge in [0.25, 0.3) is 0 Å². The average Bonchev–Trinajstić information content (AvgIpc) is 3.64. The smallest absolute Gasteiger partial charge is 0.387 e. The summed E-state index contributed by atoms with van der Waals surface area (Å²) in [4.78, 5) is 13.0. The number of hydrogen-bond acceptors (Lipinski definition) is 5. The van der Waals surface area contributed by atoms with Gasteiger partial charge in [0, 0.05) is 12.0 Å². The molecule has 190 valence electrons. The van der Waals surface area contributed by atoms with E-state index in [2.05, 4.69) is 4.74 Å². The largest absolute Gasteiger partial charge is 0.619 e. The summed E-state index contributed by atoms with van der Waals surface area (Å²) in [7, 11) is 0. The predicted octanol–water partition coefficient (Wildman–Crippen LogP) is 6.47. The van der Waals surface area contributed by atoms with Crippen LogP contribution in [0.2, 0.25) is 10.0 Å². The lowest BCUT2D eigenvalue weighted by molar-refractivity contribution is -0.605. The van der Waals surface area contributed by atoms with Gasteiger partial charge < -0.3 is 19.4 Å². The third-order valence-corrected chi connectivity index (χ3v) is 6.36. The Morgan fingerprint density at radius 2 is 1.75 bits per heavy atom. The van der Waals surface area contributed by atoms with Crippen LogP contribution in [0, 0.1) is 18.0 Å².